The van der Waals surface area contributed by atoms with E-state index in [1.54, 1.807) is 12.1 Å². The molecular formula is C8H5ClN3. The first kappa shape index (κ1) is 7.31. The van der Waals surface area contributed by atoms with E-state index in [1.165, 1.54) is 0 Å². The zero-order valence-corrected chi connectivity index (χ0v) is 6.84. The van der Waals surface area contributed by atoms with E-state index in [1.807, 2.05) is 12.1 Å². The van der Waals surface area contributed by atoms with Gasteiger partial charge < -0.3 is 0 Å². The van der Waals surface area contributed by atoms with Crippen LogP contribution < -0.4 is 0 Å². The van der Waals surface area contributed by atoms with Crippen molar-refractivity contribution in [2.75, 3.05) is 0 Å². The van der Waals surface area contributed by atoms with Crippen LogP contribution in [-0.2, 0) is 0 Å². The fraction of sp³-hybridized carbons (Fsp3) is 0. The number of nitrogens with one attached hydrogen (secondary N) is 1. The fourth-order valence-corrected chi connectivity index (χ4v) is 1.03. The quantitative estimate of drug-likeness (QED) is 0.725. The Morgan fingerprint density at radius 3 is 2.58 bits per heavy atom. The number of nitrogens with zero attached hydrogens (tertiary/aromatic N) is 2. The van der Waals surface area contributed by atoms with E-state index in [2.05, 4.69) is 21.5 Å². The summed E-state index contributed by atoms with van der Waals surface area (Å²) in [5, 5.41) is 7.11. The highest BCUT2D eigenvalue weighted by molar-refractivity contribution is 6.30. The van der Waals surface area contributed by atoms with Crippen molar-refractivity contribution in [3.63, 3.8) is 0 Å². The topological polar surface area (TPSA) is 41.6 Å². The third-order valence-corrected chi connectivity index (χ3v) is 1.73. The molecule has 0 aliphatic carbocycles. The highest BCUT2D eigenvalue weighted by Crippen LogP contribution is 2.16. The lowest BCUT2D eigenvalue weighted by Crippen LogP contribution is -1.79. The normalized spacial score (nSPS) is 10.1. The van der Waals surface area contributed by atoms with Gasteiger partial charge in [0.1, 0.15) is 0 Å². The molecule has 59 valence electrons. The van der Waals surface area contributed by atoms with Gasteiger partial charge in [-0.1, -0.05) is 11.6 Å². The maximum absolute atomic E-state index is 5.72. The van der Waals surface area contributed by atoms with Crippen molar-refractivity contribution in [1.82, 2.24) is 15.2 Å². The molecular weight excluding hydrogens is 174 g/mol. The van der Waals surface area contributed by atoms with Gasteiger partial charge in [0.2, 0.25) is 0 Å². The van der Waals surface area contributed by atoms with Gasteiger partial charge >= 0.3 is 0 Å². The summed E-state index contributed by atoms with van der Waals surface area (Å²) < 4.78 is 0. The minimum absolute atomic E-state index is 0.631. The lowest BCUT2D eigenvalue weighted by molar-refractivity contribution is 1.09. The van der Waals surface area contributed by atoms with Crippen molar-refractivity contribution in [3.05, 3.63) is 35.6 Å². The number of aromatic nitrogens is 3. The van der Waals surface area contributed by atoms with E-state index < -0.39 is 0 Å². The number of H-pyrrole nitrogens is 1. The summed E-state index contributed by atoms with van der Waals surface area (Å²) in [6, 6.07) is 7.32. The molecule has 0 unspecified atom stereocenters. The lowest BCUT2D eigenvalue weighted by atomic mass is 10.2. The van der Waals surface area contributed by atoms with Gasteiger partial charge in [0.15, 0.2) is 12.2 Å². The molecule has 1 N–H and O–H groups in total. The Morgan fingerprint density at radius 1 is 1.25 bits per heavy atom. The SMILES string of the molecule is Clc1ccc(-c2n[c][nH]n2)cc1. The number of hydrogen-bond donors (Lipinski definition) is 1. The zero-order chi connectivity index (χ0) is 8.39. The molecule has 2 aromatic rings. The predicted molar refractivity (Wildman–Crippen MR) is 45.7 cm³/mol. The first-order chi connectivity index (χ1) is 5.86. The van der Waals surface area contributed by atoms with E-state index in [9.17, 15) is 0 Å². The van der Waals surface area contributed by atoms with Crippen molar-refractivity contribution in [1.29, 1.82) is 0 Å². The summed E-state index contributed by atoms with van der Waals surface area (Å²) in [6.45, 7) is 0. The monoisotopic (exact) mass is 178 g/mol. The number of aromatic amines is 1. The van der Waals surface area contributed by atoms with Crippen LogP contribution in [-0.4, -0.2) is 15.2 Å². The molecule has 0 saturated heterocycles. The molecule has 1 aromatic carbocycles. The Kier molecular flexibility index (Phi) is 1.80. The maximum Gasteiger partial charge on any atom is 0.193 e. The van der Waals surface area contributed by atoms with E-state index in [0.717, 1.165) is 5.56 Å². The molecule has 0 bridgehead atoms. The number of rotatable bonds is 1. The average Bonchev–Trinajstić information content (AvgIpc) is 2.58. The molecule has 0 amide bonds. The molecule has 12 heavy (non-hydrogen) atoms. The second kappa shape index (κ2) is 2.95. The standard InChI is InChI=1S/C8H5ClN3/c9-7-3-1-6(2-4-7)8-10-5-11-12-8/h1-4H,(H,10,11,12). The maximum atomic E-state index is 5.72. The van der Waals surface area contributed by atoms with E-state index in [-0.39, 0.29) is 0 Å². The number of hydrogen-bond acceptors (Lipinski definition) is 2. The Bertz CT molecular complexity index is 352. The highest BCUT2D eigenvalue weighted by Gasteiger charge is 1.99. The molecule has 0 aliphatic rings. The summed E-state index contributed by atoms with van der Waals surface area (Å²) in [5.41, 5.74) is 0.928. The van der Waals surface area contributed by atoms with E-state index >= 15 is 0 Å². The smallest absolute Gasteiger partial charge is 0.193 e. The minimum atomic E-state index is 0.631. The molecule has 2 rings (SSSR count). The molecule has 4 heteroatoms. The van der Waals surface area contributed by atoms with Crippen LogP contribution in [0.2, 0.25) is 5.02 Å². The lowest BCUT2D eigenvalue weighted by Gasteiger charge is -1.93. The van der Waals surface area contributed by atoms with Gasteiger partial charge in [0, 0.05) is 10.6 Å². The number of benzene rings is 1. The first-order valence-electron chi connectivity index (χ1n) is 3.40. The third-order valence-electron chi connectivity index (χ3n) is 1.48. The third kappa shape index (κ3) is 1.31. The Labute approximate surface area is 74.4 Å². The summed E-state index contributed by atoms with van der Waals surface area (Å²) in [5.74, 6) is 0.631. The second-order valence-corrected chi connectivity index (χ2v) is 2.71. The van der Waals surface area contributed by atoms with Crippen LogP contribution in [0.25, 0.3) is 11.4 Å². The molecule has 1 heterocycles. The van der Waals surface area contributed by atoms with Crippen LogP contribution in [0.5, 0.6) is 0 Å². The van der Waals surface area contributed by atoms with Gasteiger partial charge in [-0.3, -0.25) is 5.10 Å². The van der Waals surface area contributed by atoms with E-state index in [0.29, 0.717) is 10.8 Å². The first-order valence-corrected chi connectivity index (χ1v) is 3.78. The second-order valence-electron chi connectivity index (χ2n) is 2.28. The van der Waals surface area contributed by atoms with Crippen LogP contribution in [0.1, 0.15) is 0 Å². The largest absolute Gasteiger partial charge is 0.256 e. The molecule has 0 aliphatic heterocycles. The zero-order valence-electron chi connectivity index (χ0n) is 6.08. The van der Waals surface area contributed by atoms with Crippen molar-refractivity contribution in [2.45, 2.75) is 0 Å². The predicted octanol–water partition coefficient (Wildman–Crippen LogP) is 1.93. The molecule has 3 nitrogen and oxygen atoms in total. The van der Waals surface area contributed by atoms with Crippen molar-refractivity contribution in [3.8, 4) is 11.4 Å². The van der Waals surface area contributed by atoms with Crippen LogP contribution >= 0.6 is 11.6 Å². The molecule has 1 aromatic heterocycles. The summed E-state index contributed by atoms with van der Waals surface area (Å²) in [6.07, 6.45) is 2.52. The van der Waals surface area contributed by atoms with Gasteiger partial charge in [-0.2, -0.15) is 5.10 Å². The van der Waals surface area contributed by atoms with Gasteiger partial charge in [-0.15, -0.1) is 0 Å². The molecule has 0 fully saturated rings. The van der Waals surface area contributed by atoms with Gasteiger partial charge in [-0.25, -0.2) is 4.98 Å². The van der Waals surface area contributed by atoms with E-state index in [4.69, 9.17) is 11.6 Å². The van der Waals surface area contributed by atoms with Crippen molar-refractivity contribution >= 4 is 11.6 Å². The molecule has 0 spiro atoms. The van der Waals surface area contributed by atoms with Crippen molar-refractivity contribution in [2.24, 2.45) is 0 Å². The van der Waals surface area contributed by atoms with Gasteiger partial charge in [0.25, 0.3) is 0 Å². The average molecular weight is 179 g/mol. The minimum Gasteiger partial charge on any atom is -0.256 e. The highest BCUT2D eigenvalue weighted by atomic mass is 35.5. The van der Waals surface area contributed by atoms with Crippen LogP contribution in [0, 0.1) is 6.33 Å². The summed E-state index contributed by atoms with van der Waals surface area (Å²) in [4.78, 5) is 3.88. The van der Waals surface area contributed by atoms with Gasteiger partial charge in [0.05, 0.1) is 0 Å². The van der Waals surface area contributed by atoms with Crippen LogP contribution in [0.3, 0.4) is 0 Å². The Morgan fingerprint density at radius 2 is 2.00 bits per heavy atom. The summed E-state index contributed by atoms with van der Waals surface area (Å²) in [7, 11) is 0. The Hall–Kier alpha value is -1.35. The molecule has 1 radical (unpaired) electrons. The summed E-state index contributed by atoms with van der Waals surface area (Å²) >= 11 is 5.72. The molecule has 0 atom stereocenters. The van der Waals surface area contributed by atoms with Crippen LogP contribution in [0.15, 0.2) is 24.3 Å². The van der Waals surface area contributed by atoms with Crippen LogP contribution in [0.4, 0.5) is 0 Å². The van der Waals surface area contributed by atoms with Crippen molar-refractivity contribution < 1.29 is 0 Å². The number of halogens is 1. The fourth-order valence-electron chi connectivity index (χ4n) is 0.909. The Balaban J connectivity index is 2.43. The van der Waals surface area contributed by atoms with Gasteiger partial charge in [-0.05, 0) is 24.3 Å². The molecule has 0 saturated carbocycles.